The van der Waals surface area contributed by atoms with Crippen LogP contribution in [0.2, 0.25) is 0 Å². The minimum atomic E-state index is -5.08. The Bertz CT molecular complexity index is 151. The van der Waals surface area contributed by atoms with E-state index in [9.17, 15) is 18.0 Å². The number of carboxylic acids is 1. The molecule has 0 unspecified atom stereocenters. The van der Waals surface area contributed by atoms with Crippen LogP contribution in [-0.2, 0) is 9.59 Å². The first kappa shape index (κ1) is 18.1. The molecule has 0 aliphatic carbocycles. The second-order valence-electron chi connectivity index (χ2n) is 1.71. The van der Waals surface area contributed by atoms with Crippen LogP contribution in [0, 0.1) is 0 Å². The summed E-state index contributed by atoms with van der Waals surface area (Å²) in [7, 11) is 0. The Morgan fingerprint density at radius 1 is 1.17 bits per heavy atom. The Hall–Kier alpha value is 0.190. The average molecular weight is 214 g/mol. The van der Waals surface area contributed by atoms with Gasteiger partial charge in [-0.15, -0.1) is 0 Å². The second-order valence-corrected chi connectivity index (χ2v) is 1.71. The summed E-state index contributed by atoms with van der Waals surface area (Å²) in [4.78, 5) is 18.3. The van der Waals surface area contributed by atoms with E-state index in [1.54, 1.807) is 0 Å². The Kier molecular flexibility index (Phi) is 11.8. The summed E-state index contributed by atoms with van der Waals surface area (Å²) in [5.74, 6) is -2.59. The van der Waals surface area contributed by atoms with Crippen LogP contribution in [-0.4, -0.2) is 60.8 Å². The van der Waals surface area contributed by atoms with Crippen LogP contribution in [0.25, 0.3) is 0 Å². The Labute approximate surface area is 96.9 Å². The molecule has 0 radical (unpaired) electrons. The van der Waals surface area contributed by atoms with E-state index < -0.39 is 12.1 Å². The summed E-state index contributed by atoms with van der Waals surface area (Å²) >= 11 is 0. The van der Waals surface area contributed by atoms with Gasteiger partial charge >= 0.3 is 49.9 Å². The number of Topliss-reactive ketones (excluding diaryl/α,β-unsaturated/α-hetero) is 1. The van der Waals surface area contributed by atoms with Gasteiger partial charge in [-0.3, -0.25) is 0 Å². The fourth-order valence-corrected chi connectivity index (χ4v) is 0. The van der Waals surface area contributed by atoms with E-state index >= 15 is 0 Å². The fourth-order valence-electron chi connectivity index (χ4n) is 0. The van der Waals surface area contributed by atoms with Gasteiger partial charge in [0.25, 0.3) is 0 Å². The number of carboxylic acid groups (broad SMARTS) is 1. The van der Waals surface area contributed by atoms with Crippen molar-refractivity contribution < 1.29 is 27.9 Å². The molecule has 0 aliphatic rings. The number of carbonyl (C=O) groups is 2. The molecule has 0 amide bonds. The molecular weight excluding hydrogens is 205 g/mol. The maximum atomic E-state index is 10.6. The predicted octanol–water partition coefficient (Wildman–Crippen LogP) is 0.312. The number of ketones is 1. The van der Waals surface area contributed by atoms with Gasteiger partial charge in [-0.2, -0.15) is 13.2 Å². The summed E-state index contributed by atoms with van der Waals surface area (Å²) in [6.45, 7) is 3.06. The monoisotopic (exact) mass is 214 g/mol. The van der Waals surface area contributed by atoms with Gasteiger partial charge in [0.15, 0.2) is 0 Å². The molecule has 70 valence electrons. The van der Waals surface area contributed by atoms with Crippen molar-refractivity contribution in [1.29, 1.82) is 0 Å². The standard InChI is InChI=1S/C3H6O.C2HF3O2.Ca.2H/c1-3(2)4;3-2(4,5)1(6)7;;;/h1-2H3;(H,6,7);;;. The summed E-state index contributed by atoms with van der Waals surface area (Å²) in [6.07, 6.45) is -5.08. The van der Waals surface area contributed by atoms with Gasteiger partial charge in [0.2, 0.25) is 0 Å². The fraction of sp³-hybridized carbons (Fsp3) is 0.600. The zero-order valence-corrected chi connectivity index (χ0v) is 5.90. The molecule has 1 N–H and O–H groups in total. The van der Waals surface area contributed by atoms with E-state index in [1.807, 2.05) is 0 Å². The van der Waals surface area contributed by atoms with Gasteiger partial charge < -0.3 is 9.90 Å². The van der Waals surface area contributed by atoms with Gasteiger partial charge in [-0.1, -0.05) is 0 Å². The number of aliphatic carboxylic acids is 1. The van der Waals surface area contributed by atoms with Crippen LogP contribution < -0.4 is 0 Å². The molecule has 0 heterocycles. The Morgan fingerprint density at radius 3 is 1.25 bits per heavy atom. The first-order valence-electron chi connectivity index (χ1n) is 2.45. The second kappa shape index (κ2) is 7.82. The van der Waals surface area contributed by atoms with Gasteiger partial charge in [-0.05, 0) is 13.8 Å². The molecule has 0 rings (SSSR count). The maximum absolute atomic E-state index is 10.6. The van der Waals surface area contributed by atoms with Crippen molar-refractivity contribution in [2.24, 2.45) is 0 Å². The molecule has 0 aromatic heterocycles. The van der Waals surface area contributed by atoms with Crippen molar-refractivity contribution >= 4 is 49.5 Å². The quantitative estimate of drug-likeness (QED) is 0.590. The van der Waals surface area contributed by atoms with E-state index in [4.69, 9.17) is 9.90 Å². The summed E-state index contributed by atoms with van der Waals surface area (Å²) < 4.78 is 31.7. The third-order valence-electron chi connectivity index (χ3n) is 0.243. The molecule has 0 saturated heterocycles. The summed E-state index contributed by atoms with van der Waals surface area (Å²) in [6, 6.07) is 0. The number of hydrogen-bond donors (Lipinski definition) is 1. The van der Waals surface area contributed by atoms with E-state index in [-0.39, 0.29) is 43.5 Å². The first-order valence-corrected chi connectivity index (χ1v) is 2.45. The van der Waals surface area contributed by atoms with Crippen molar-refractivity contribution in [3.8, 4) is 0 Å². The third kappa shape index (κ3) is 22.5. The van der Waals surface area contributed by atoms with Crippen LogP contribution >= 0.6 is 0 Å². The molecule has 0 saturated carbocycles. The normalized spacial score (nSPS) is 8.75. The molecule has 12 heavy (non-hydrogen) atoms. The van der Waals surface area contributed by atoms with Crippen LogP contribution in [0.15, 0.2) is 0 Å². The van der Waals surface area contributed by atoms with Crippen LogP contribution in [0.4, 0.5) is 13.2 Å². The van der Waals surface area contributed by atoms with Crippen molar-refractivity contribution in [2.75, 3.05) is 0 Å². The number of alkyl halides is 3. The van der Waals surface area contributed by atoms with Crippen LogP contribution in [0.5, 0.6) is 0 Å². The molecule has 0 fully saturated rings. The molecular formula is C5H9CaF3O3. The SMILES string of the molecule is CC(C)=O.O=C(O)C(F)(F)F.[CaH2]. The third-order valence-corrected chi connectivity index (χ3v) is 0.243. The first-order chi connectivity index (χ1) is 4.68. The molecule has 3 nitrogen and oxygen atoms in total. The number of halogens is 3. The van der Waals surface area contributed by atoms with Gasteiger partial charge in [0.05, 0.1) is 0 Å². The van der Waals surface area contributed by atoms with Crippen LogP contribution in [0.1, 0.15) is 13.8 Å². The van der Waals surface area contributed by atoms with Crippen molar-refractivity contribution in [2.45, 2.75) is 20.0 Å². The zero-order valence-electron chi connectivity index (χ0n) is 5.90. The molecule has 0 aliphatic heterocycles. The van der Waals surface area contributed by atoms with Crippen molar-refractivity contribution in [3.05, 3.63) is 0 Å². The van der Waals surface area contributed by atoms with Crippen molar-refractivity contribution in [1.82, 2.24) is 0 Å². The van der Waals surface area contributed by atoms with Crippen LogP contribution in [0.3, 0.4) is 0 Å². The molecule has 0 aromatic carbocycles. The van der Waals surface area contributed by atoms with E-state index in [0.717, 1.165) is 0 Å². The predicted molar refractivity (Wildman–Crippen MR) is 38.6 cm³/mol. The van der Waals surface area contributed by atoms with E-state index in [1.165, 1.54) is 13.8 Å². The number of carbonyl (C=O) groups excluding carboxylic acids is 1. The summed E-state index contributed by atoms with van der Waals surface area (Å²) in [5.41, 5.74) is 0. The Morgan fingerprint density at radius 2 is 1.25 bits per heavy atom. The van der Waals surface area contributed by atoms with Gasteiger partial charge in [-0.25, -0.2) is 4.79 Å². The molecule has 0 aromatic rings. The number of hydrogen-bond acceptors (Lipinski definition) is 2. The van der Waals surface area contributed by atoms with Gasteiger partial charge in [0.1, 0.15) is 5.78 Å². The molecule has 0 bridgehead atoms. The van der Waals surface area contributed by atoms with Crippen molar-refractivity contribution in [3.63, 3.8) is 0 Å². The number of rotatable bonds is 0. The van der Waals surface area contributed by atoms with Gasteiger partial charge in [0, 0.05) is 0 Å². The zero-order chi connectivity index (χ0) is 9.65. The average Bonchev–Trinajstić information content (AvgIpc) is 1.59. The Balaban J connectivity index is -0.000000142. The minimum absolute atomic E-state index is 0. The van der Waals surface area contributed by atoms with E-state index in [2.05, 4.69) is 0 Å². The molecule has 7 heteroatoms. The topological polar surface area (TPSA) is 54.4 Å². The molecule has 0 atom stereocenters. The summed E-state index contributed by atoms with van der Waals surface area (Å²) in [5, 5.41) is 7.12. The molecule has 0 spiro atoms. The van der Waals surface area contributed by atoms with E-state index in [0.29, 0.717) is 0 Å².